The number of halogens is 8. The summed E-state index contributed by atoms with van der Waals surface area (Å²) in [7, 11) is 0. The quantitative estimate of drug-likeness (QED) is 0.0561. The van der Waals surface area contributed by atoms with Gasteiger partial charge in [0, 0.05) is 17.8 Å². The Labute approximate surface area is 194 Å². The zero-order chi connectivity index (χ0) is 26.4. The normalized spacial score (nSPS) is 13.7. The number of carbonyl (C=O) groups excluding carboxylic acids is 2. The average Bonchev–Trinajstić information content (AvgIpc) is 2.75. The Morgan fingerprint density at radius 2 is 1.53 bits per heavy atom. The first-order chi connectivity index (χ1) is 15.7. The minimum absolute atomic E-state index is 0.0247. The Kier molecular flexibility index (Phi) is 14.9. The second kappa shape index (κ2) is 15.6. The van der Waals surface area contributed by atoms with Crippen LogP contribution in [0.15, 0.2) is 0 Å². The highest BCUT2D eigenvalue weighted by atomic mass is 32.2. The molecule has 0 bridgehead atoms. The number of rotatable bonds is 19. The Bertz CT molecular complexity index is 611. The molecule has 0 aliphatic heterocycles. The number of esters is 2. The molecule has 0 aromatic rings. The lowest BCUT2D eigenvalue weighted by molar-refractivity contribution is -0.432. The number of carbonyl (C=O) groups is 2. The van der Waals surface area contributed by atoms with Crippen LogP contribution in [0.4, 0.5) is 35.1 Å². The van der Waals surface area contributed by atoms with Gasteiger partial charge in [-0.25, -0.2) is 14.0 Å². The number of ether oxygens (including phenoxy) is 2. The summed E-state index contributed by atoms with van der Waals surface area (Å²) in [5.74, 6) is -23.9. The molecule has 0 aromatic heterocycles. The van der Waals surface area contributed by atoms with E-state index in [1.807, 2.05) is 6.92 Å². The molecule has 34 heavy (non-hydrogen) atoms. The van der Waals surface area contributed by atoms with Crippen molar-refractivity contribution in [1.29, 1.82) is 0 Å². The van der Waals surface area contributed by atoms with Crippen LogP contribution >= 0.6 is 12.0 Å². The molecule has 0 aliphatic carbocycles. The van der Waals surface area contributed by atoms with E-state index in [4.69, 9.17) is 9.99 Å². The molecule has 1 N–H and O–H groups in total. The molecular formula is C18H26F8O7S. The van der Waals surface area contributed by atoms with Gasteiger partial charge in [0.25, 0.3) is 0 Å². The Hall–Kier alpha value is -1.39. The summed E-state index contributed by atoms with van der Waals surface area (Å²) in [6.45, 7) is -0.666. The third kappa shape index (κ3) is 10.5. The topological polar surface area (TPSA) is 91.3 Å². The number of unbranched alkanes of at least 4 members (excludes halogenated alkanes) is 5. The first-order valence-corrected chi connectivity index (χ1v) is 11.0. The monoisotopic (exact) mass is 538 g/mol. The fourth-order valence-corrected chi connectivity index (χ4v) is 2.94. The van der Waals surface area contributed by atoms with Gasteiger partial charge in [-0.3, -0.25) is 9.59 Å². The van der Waals surface area contributed by atoms with Crippen LogP contribution in [-0.2, 0) is 28.4 Å². The van der Waals surface area contributed by atoms with Crippen molar-refractivity contribution in [3.05, 3.63) is 0 Å². The zero-order valence-corrected chi connectivity index (χ0v) is 18.9. The van der Waals surface area contributed by atoms with E-state index >= 15 is 0 Å². The summed E-state index contributed by atoms with van der Waals surface area (Å²) >= 11 is 0.183. The van der Waals surface area contributed by atoms with Crippen LogP contribution in [0.5, 0.6) is 0 Å². The van der Waals surface area contributed by atoms with Crippen molar-refractivity contribution in [1.82, 2.24) is 0 Å². The Morgan fingerprint density at radius 3 is 2.09 bits per heavy atom. The molecule has 202 valence electrons. The Morgan fingerprint density at radius 1 is 0.941 bits per heavy atom. The van der Waals surface area contributed by atoms with Gasteiger partial charge < -0.3 is 9.47 Å². The van der Waals surface area contributed by atoms with Crippen LogP contribution < -0.4 is 0 Å². The maximum absolute atomic E-state index is 13.6. The highest BCUT2D eigenvalue weighted by Gasteiger charge is 2.75. The predicted molar refractivity (Wildman–Crippen MR) is 102 cm³/mol. The van der Waals surface area contributed by atoms with Crippen LogP contribution in [0.3, 0.4) is 0 Å². The van der Waals surface area contributed by atoms with Crippen molar-refractivity contribution in [2.75, 3.05) is 19.0 Å². The molecule has 0 spiro atoms. The lowest BCUT2D eigenvalue weighted by atomic mass is 10.1. The molecule has 0 saturated heterocycles. The van der Waals surface area contributed by atoms with E-state index in [1.165, 1.54) is 0 Å². The molecule has 16 heteroatoms. The molecule has 0 heterocycles. The second-order valence-electron chi connectivity index (χ2n) is 7.13. The van der Waals surface area contributed by atoms with Crippen molar-refractivity contribution in [2.45, 2.75) is 76.1 Å². The first kappa shape index (κ1) is 32.6. The maximum atomic E-state index is 13.6. The van der Waals surface area contributed by atoms with E-state index < -0.39 is 60.8 Å². The van der Waals surface area contributed by atoms with Crippen LogP contribution in [0.1, 0.15) is 51.9 Å². The Balaban J connectivity index is 4.92. The van der Waals surface area contributed by atoms with Gasteiger partial charge in [0.15, 0.2) is 6.61 Å². The zero-order valence-electron chi connectivity index (χ0n) is 18.1. The lowest BCUT2D eigenvalue weighted by Crippen LogP contribution is -2.59. The highest BCUT2D eigenvalue weighted by Crippen LogP contribution is 2.48. The third-order valence-electron chi connectivity index (χ3n) is 4.40. The summed E-state index contributed by atoms with van der Waals surface area (Å²) in [6, 6.07) is 0. The summed E-state index contributed by atoms with van der Waals surface area (Å²) in [5, 5.41) is 11.3. The van der Waals surface area contributed by atoms with Gasteiger partial charge in [-0.1, -0.05) is 44.1 Å². The smallest absolute Gasteiger partial charge is 0.381 e. The SMILES string of the molecule is CCCCCCCCOC(=O)CC(CSOOO)C(=O)OCC(F)(F)C(F)(F)C(F)(F)C(F)F. The molecule has 7 nitrogen and oxygen atoms in total. The minimum atomic E-state index is -6.55. The van der Waals surface area contributed by atoms with Gasteiger partial charge in [0.2, 0.25) is 0 Å². The van der Waals surface area contributed by atoms with Crippen molar-refractivity contribution >= 4 is 24.0 Å². The van der Waals surface area contributed by atoms with E-state index in [-0.39, 0.29) is 18.6 Å². The summed E-state index contributed by atoms with van der Waals surface area (Å²) < 4.78 is 116. The third-order valence-corrected chi connectivity index (χ3v) is 5.10. The van der Waals surface area contributed by atoms with Crippen LogP contribution in [0.2, 0.25) is 0 Å². The lowest BCUT2D eigenvalue weighted by Gasteiger charge is -2.32. The average molecular weight is 538 g/mol. The predicted octanol–water partition coefficient (Wildman–Crippen LogP) is 5.68. The van der Waals surface area contributed by atoms with Crippen LogP contribution in [0, 0.1) is 5.92 Å². The van der Waals surface area contributed by atoms with Gasteiger partial charge in [-0.15, -0.1) is 4.33 Å². The molecule has 0 amide bonds. The van der Waals surface area contributed by atoms with E-state index in [2.05, 4.69) is 14.1 Å². The van der Waals surface area contributed by atoms with Crippen molar-refractivity contribution in [3.63, 3.8) is 0 Å². The fourth-order valence-electron chi connectivity index (χ4n) is 2.42. The molecule has 0 rings (SSSR count). The molecule has 1 unspecified atom stereocenters. The summed E-state index contributed by atoms with van der Waals surface area (Å²) in [6.07, 6.45) is -0.701. The van der Waals surface area contributed by atoms with E-state index in [1.54, 1.807) is 0 Å². The van der Waals surface area contributed by atoms with Gasteiger partial charge in [0.1, 0.15) is 0 Å². The van der Waals surface area contributed by atoms with Gasteiger partial charge in [0.05, 0.1) is 18.9 Å². The van der Waals surface area contributed by atoms with Gasteiger partial charge >= 0.3 is 36.1 Å². The standard InChI is InChI=1S/C18H26F8O7S/c1-2-3-4-5-6-7-8-30-13(27)9-12(10-34-33-32-29)14(28)31-11-16(21,22)18(25,26)17(23,24)15(19)20/h12,15,29H,2-11H2,1H3. The van der Waals surface area contributed by atoms with E-state index in [0.717, 1.165) is 32.1 Å². The van der Waals surface area contributed by atoms with Crippen molar-refractivity contribution in [3.8, 4) is 0 Å². The van der Waals surface area contributed by atoms with Crippen molar-refractivity contribution < 1.29 is 68.8 Å². The second-order valence-corrected chi connectivity index (χ2v) is 7.83. The molecule has 1 atom stereocenters. The van der Waals surface area contributed by atoms with Crippen LogP contribution in [-0.4, -0.2) is 60.4 Å². The summed E-state index contributed by atoms with van der Waals surface area (Å²) in [4.78, 5) is 23.9. The number of hydrogen-bond donors (Lipinski definition) is 1. The highest BCUT2D eigenvalue weighted by molar-refractivity contribution is 7.94. The molecule has 0 radical (unpaired) electrons. The van der Waals surface area contributed by atoms with E-state index in [9.17, 15) is 44.7 Å². The largest absolute Gasteiger partial charge is 0.466 e. The van der Waals surface area contributed by atoms with Crippen molar-refractivity contribution in [2.24, 2.45) is 5.92 Å². The first-order valence-electron chi connectivity index (χ1n) is 10.1. The minimum Gasteiger partial charge on any atom is -0.466 e. The summed E-state index contributed by atoms with van der Waals surface area (Å²) in [5.41, 5.74) is 0. The number of alkyl halides is 8. The maximum Gasteiger partial charge on any atom is 0.381 e. The van der Waals surface area contributed by atoms with Crippen LogP contribution in [0.25, 0.3) is 0 Å². The molecule has 0 saturated carbocycles. The van der Waals surface area contributed by atoms with Gasteiger partial charge in [-0.2, -0.15) is 26.3 Å². The molecule has 0 aromatic carbocycles. The molecule has 0 fully saturated rings. The van der Waals surface area contributed by atoms with Gasteiger partial charge in [-0.05, 0) is 6.42 Å². The number of hydrogen-bond acceptors (Lipinski definition) is 8. The molecular weight excluding hydrogens is 512 g/mol. The fraction of sp³-hybridized carbons (Fsp3) is 0.889. The van der Waals surface area contributed by atoms with E-state index in [0.29, 0.717) is 6.42 Å². The molecule has 0 aliphatic rings.